The molecule has 0 aliphatic heterocycles. The fourth-order valence-electron chi connectivity index (χ4n) is 1.69. The molecular weight excluding hydrogens is 232 g/mol. The van der Waals surface area contributed by atoms with E-state index < -0.39 is 5.97 Å². The molecule has 0 spiro atoms. The average molecular weight is 258 g/mol. The Kier molecular flexibility index (Phi) is 8.16. The molecule has 0 aromatic heterocycles. The number of aliphatic carboxylic acids is 1. The number of nitrogens with zero attached hydrogens (tertiary/aromatic N) is 2. The number of carboxylic acid groups (broad SMARTS) is 1. The summed E-state index contributed by atoms with van der Waals surface area (Å²) in [5.74, 6) is -0.814. The van der Waals surface area contributed by atoms with Crippen molar-refractivity contribution in [2.75, 3.05) is 20.1 Å². The Morgan fingerprint density at radius 3 is 2.22 bits per heavy atom. The molecule has 5 nitrogen and oxygen atoms in total. The maximum Gasteiger partial charge on any atom is 0.319 e. The van der Waals surface area contributed by atoms with Gasteiger partial charge in [-0.3, -0.25) is 4.79 Å². The minimum absolute atomic E-state index is 0.0103. The minimum Gasteiger partial charge on any atom is -0.481 e. The number of hydrogen-bond donors (Lipinski definition) is 1. The highest BCUT2D eigenvalue weighted by atomic mass is 16.4. The quantitative estimate of drug-likeness (QED) is 0.727. The second-order valence-corrected chi connectivity index (χ2v) is 4.84. The maximum absolute atomic E-state index is 12.2. The third kappa shape index (κ3) is 6.47. The zero-order valence-corrected chi connectivity index (χ0v) is 12.0. The predicted molar refractivity (Wildman–Crippen MR) is 71.6 cm³/mol. The Bertz CT molecular complexity index is 267. The highest BCUT2D eigenvalue weighted by molar-refractivity contribution is 5.74. The van der Waals surface area contributed by atoms with Gasteiger partial charge in [0.1, 0.15) is 0 Å². The second-order valence-electron chi connectivity index (χ2n) is 4.84. The van der Waals surface area contributed by atoms with Crippen molar-refractivity contribution in [1.29, 1.82) is 0 Å². The van der Waals surface area contributed by atoms with Gasteiger partial charge in [-0.2, -0.15) is 0 Å². The van der Waals surface area contributed by atoms with E-state index in [2.05, 4.69) is 6.92 Å². The Labute approximate surface area is 110 Å². The molecule has 0 atom stereocenters. The summed E-state index contributed by atoms with van der Waals surface area (Å²) in [6.45, 7) is 7.24. The van der Waals surface area contributed by atoms with E-state index in [1.54, 1.807) is 16.8 Å². The van der Waals surface area contributed by atoms with Crippen molar-refractivity contribution < 1.29 is 14.7 Å². The summed E-state index contributed by atoms with van der Waals surface area (Å²) < 4.78 is 0. The zero-order chi connectivity index (χ0) is 14.1. The summed E-state index contributed by atoms with van der Waals surface area (Å²) in [5.41, 5.74) is 0. The monoisotopic (exact) mass is 258 g/mol. The van der Waals surface area contributed by atoms with Crippen molar-refractivity contribution in [2.24, 2.45) is 0 Å². The first-order chi connectivity index (χ1) is 8.40. The molecule has 18 heavy (non-hydrogen) atoms. The number of carbonyl (C=O) groups is 2. The van der Waals surface area contributed by atoms with Gasteiger partial charge in [0.05, 0.1) is 0 Å². The van der Waals surface area contributed by atoms with E-state index in [1.165, 1.54) is 0 Å². The van der Waals surface area contributed by atoms with Crippen LogP contribution in [0.25, 0.3) is 0 Å². The lowest BCUT2D eigenvalue weighted by Crippen LogP contribution is -2.45. The number of urea groups is 1. The Balaban J connectivity index is 4.30. The summed E-state index contributed by atoms with van der Waals surface area (Å²) in [5, 5.41) is 8.62. The molecule has 1 N–H and O–H groups in total. The lowest BCUT2D eigenvalue weighted by Gasteiger charge is -2.31. The van der Waals surface area contributed by atoms with Crippen molar-refractivity contribution in [3.8, 4) is 0 Å². The van der Waals surface area contributed by atoms with E-state index in [9.17, 15) is 9.59 Å². The van der Waals surface area contributed by atoms with Crippen LogP contribution in [0.5, 0.6) is 0 Å². The minimum atomic E-state index is -0.814. The molecule has 5 heteroatoms. The summed E-state index contributed by atoms with van der Waals surface area (Å²) in [6.07, 6.45) is 2.65. The number of carboxylic acids is 1. The Morgan fingerprint density at radius 2 is 1.78 bits per heavy atom. The molecule has 0 saturated carbocycles. The molecule has 0 aromatic rings. The first-order valence-electron chi connectivity index (χ1n) is 6.63. The molecule has 0 bridgehead atoms. The SMILES string of the molecule is CCCCN(C)C(=O)N(CCCC(=O)O)C(C)C. The van der Waals surface area contributed by atoms with Crippen molar-refractivity contribution in [2.45, 2.75) is 52.5 Å². The maximum atomic E-state index is 12.2. The Hall–Kier alpha value is -1.26. The predicted octanol–water partition coefficient (Wildman–Crippen LogP) is 2.41. The topological polar surface area (TPSA) is 60.9 Å². The van der Waals surface area contributed by atoms with Gasteiger partial charge < -0.3 is 14.9 Å². The standard InChI is InChI=1S/C13H26N2O3/c1-5-6-9-14(4)13(18)15(11(2)3)10-7-8-12(16)17/h11H,5-10H2,1-4H3,(H,16,17). The van der Waals surface area contributed by atoms with Crippen LogP contribution in [0.1, 0.15) is 46.5 Å². The number of rotatable bonds is 8. The van der Waals surface area contributed by atoms with Gasteiger partial charge >= 0.3 is 12.0 Å². The molecule has 0 aliphatic carbocycles. The largest absolute Gasteiger partial charge is 0.481 e. The molecule has 0 aliphatic rings. The molecule has 2 amide bonds. The van der Waals surface area contributed by atoms with E-state index in [1.807, 2.05) is 13.8 Å². The van der Waals surface area contributed by atoms with E-state index in [4.69, 9.17) is 5.11 Å². The van der Waals surface area contributed by atoms with Crippen LogP contribution in [0.4, 0.5) is 4.79 Å². The zero-order valence-electron chi connectivity index (χ0n) is 12.0. The van der Waals surface area contributed by atoms with Crippen molar-refractivity contribution in [1.82, 2.24) is 9.80 Å². The van der Waals surface area contributed by atoms with Gasteiger partial charge in [-0.05, 0) is 26.7 Å². The number of unbranched alkanes of at least 4 members (excludes halogenated alkanes) is 1. The van der Waals surface area contributed by atoms with Crippen LogP contribution in [0.3, 0.4) is 0 Å². The molecule has 0 rings (SSSR count). The normalized spacial score (nSPS) is 10.5. The summed E-state index contributed by atoms with van der Waals surface area (Å²) in [4.78, 5) is 26.1. The van der Waals surface area contributed by atoms with Gasteiger partial charge in [0.2, 0.25) is 0 Å². The van der Waals surface area contributed by atoms with Gasteiger partial charge in [-0.1, -0.05) is 13.3 Å². The highest BCUT2D eigenvalue weighted by Gasteiger charge is 2.20. The molecular formula is C13H26N2O3. The first kappa shape index (κ1) is 16.7. The van der Waals surface area contributed by atoms with Gasteiger partial charge in [0.15, 0.2) is 0 Å². The lowest BCUT2D eigenvalue weighted by atomic mass is 10.2. The van der Waals surface area contributed by atoms with Crippen molar-refractivity contribution >= 4 is 12.0 Å². The van der Waals surface area contributed by atoms with Crippen molar-refractivity contribution in [3.05, 3.63) is 0 Å². The highest BCUT2D eigenvalue weighted by Crippen LogP contribution is 2.07. The second kappa shape index (κ2) is 8.78. The van der Waals surface area contributed by atoms with Gasteiger partial charge in [-0.15, -0.1) is 0 Å². The number of carbonyl (C=O) groups excluding carboxylic acids is 1. The van der Waals surface area contributed by atoms with Crippen LogP contribution < -0.4 is 0 Å². The summed E-state index contributed by atoms with van der Waals surface area (Å²) >= 11 is 0. The van der Waals surface area contributed by atoms with Gasteiger partial charge in [-0.25, -0.2) is 4.79 Å². The van der Waals surface area contributed by atoms with E-state index in [-0.39, 0.29) is 18.5 Å². The number of amides is 2. The van der Waals surface area contributed by atoms with Crippen LogP contribution in [0, 0.1) is 0 Å². The number of hydrogen-bond acceptors (Lipinski definition) is 2. The first-order valence-corrected chi connectivity index (χ1v) is 6.63. The molecule has 0 radical (unpaired) electrons. The smallest absolute Gasteiger partial charge is 0.319 e. The van der Waals surface area contributed by atoms with Crippen molar-refractivity contribution in [3.63, 3.8) is 0 Å². The summed E-state index contributed by atoms with van der Waals surface area (Å²) in [7, 11) is 1.80. The fraction of sp³-hybridized carbons (Fsp3) is 0.846. The summed E-state index contributed by atoms with van der Waals surface area (Å²) in [6, 6.07) is 0.0826. The van der Waals surface area contributed by atoms with Crippen LogP contribution >= 0.6 is 0 Å². The molecule has 0 unspecified atom stereocenters. The third-order valence-electron chi connectivity index (χ3n) is 2.83. The average Bonchev–Trinajstić information content (AvgIpc) is 2.30. The third-order valence-corrected chi connectivity index (χ3v) is 2.83. The van der Waals surface area contributed by atoms with Gasteiger partial charge in [0.25, 0.3) is 0 Å². The fourth-order valence-corrected chi connectivity index (χ4v) is 1.69. The molecule has 106 valence electrons. The van der Waals surface area contributed by atoms with Crippen LogP contribution in [0.2, 0.25) is 0 Å². The molecule has 0 fully saturated rings. The van der Waals surface area contributed by atoms with E-state index >= 15 is 0 Å². The van der Waals surface area contributed by atoms with Gasteiger partial charge in [0, 0.05) is 32.6 Å². The van der Waals surface area contributed by atoms with Crippen LogP contribution in [-0.4, -0.2) is 53.1 Å². The molecule has 0 aromatic carbocycles. The van der Waals surface area contributed by atoms with Crippen LogP contribution in [-0.2, 0) is 4.79 Å². The molecule has 0 saturated heterocycles. The van der Waals surface area contributed by atoms with E-state index in [0.29, 0.717) is 13.0 Å². The van der Waals surface area contributed by atoms with Crippen LogP contribution in [0.15, 0.2) is 0 Å². The lowest BCUT2D eigenvalue weighted by molar-refractivity contribution is -0.137. The Morgan fingerprint density at radius 1 is 1.17 bits per heavy atom. The van der Waals surface area contributed by atoms with E-state index in [0.717, 1.165) is 19.4 Å². The molecule has 0 heterocycles.